The van der Waals surface area contributed by atoms with Crippen molar-refractivity contribution < 1.29 is 4.74 Å². The van der Waals surface area contributed by atoms with Crippen molar-refractivity contribution in [3.63, 3.8) is 0 Å². The van der Waals surface area contributed by atoms with Crippen molar-refractivity contribution >= 4 is 35.4 Å². The van der Waals surface area contributed by atoms with Crippen LogP contribution in [0.2, 0.25) is 10.0 Å². The summed E-state index contributed by atoms with van der Waals surface area (Å²) < 4.78 is 5.04. The number of anilines is 1. The molecule has 1 heterocycles. The minimum atomic E-state index is -0.381. The molecule has 0 bridgehead atoms. The maximum absolute atomic E-state index is 11.0. The van der Waals surface area contributed by atoms with Crippen LogP contribution in [0.15, 0.2) is 28.2 Å². The summed E-state index contributed by atoms with van der Waals surface area (Å²) in [6, 6.07) is 3.27. The molecule has 2 N–H and O–H groups in total. The van der Waals surface area contributed by atoms with Gasteiger partial charge in [-0.2, -0.15) is 5.10 Å². The zero-order chi connectivity index (χ0) is 14.5. The molecule has 0 aliphatic carbocycles. The highest BCUT2D eigenvalue weighted by molar-refractivity contribution is 6.37. The number of aromatic amines is 1. The van der Waals surface area contributed by atoms with Crippen LogP contribution in [-0.2, 0) is 0 Å². The molecular weight excluding hydrogens is 305 g/mol. The number of hydrogen-bond donors (Lipinski definition) is 2. The Morgan fingerprint density at radius 1 is 1.40 bits per heavy atom. The van der Waals surface area contributed by atoms with Crippen molar-refractivity contribution in [3.05, 3.63) is 44.3 Å². The number of nitrogens with zero attached hydrogens (tertiary/aromatic N) is 3. The molecule has 1 aromatic carbocycles. The third-order valence-electron chi connectivity index (χ3n) is 2.18. The maximum atomic E-state index is 11.0. The smallest absolute Gasteiger partial charge is 0.271 e. The molecule has 0 atom stereocenters. The van der Waals surface area contributed by atoms with Gasteiger partial charge >= 0.3 is 0 Å². The van der Waals surface area contributed by atoms with Gasteiger partial charge in [0, 0.05) is 0 Å². The Balaban J connectivity index is 2.14. The molecule has 0 aliphatic heterocycles. The number of hydrogen-bond acceptors (Lipinski definition) is 6. The second kappa shape index (κ2) is 6.36. The second-order valence-electron chi connectivity index (χ2n) is 3.57. The van der Waals surface area contributed by atoms with Crippen LogP contribution in [0.3, 0.4) is 0 Å². The van der Waals surface area contributed by atoms with E-state index in [0.29, 0.717) is 21.4 Å². The summed E-state index contributed by atoms with van der Waals surface area (Å²) in [7, 11) is 1.48. The molecule has 1 aromatic heterocycles. The number of nitrogens with one attached hydrogen (secondary N) is 2. The Morgan fingerprint density at radius 2 is 2.10 bits per heavy atom. The summed E-state index contributed by atoms with van der Waals surface area (Å²) in [4.78, 5) is 13.4. The van der Waals surface area contributed by atoms with E-state index in [0.717, 1.165) is 6.20 Å². The van der Waals surface area contributed by atoms with Crippen molar-refractivity contribution in [2.24, 2.45) is 5.10 Å². The Kier molecular flexibility index (Phi) is 4.54. The molecule has 0 aliphatic rings. The van der Waals surface area contributed by atoms with Crippen LogP contribution in [-0.4, -0.2) is 28.5 Å². The van der Waals surface area contributed by atoms with Crippen molar-refractivity contribution in [1.82, 2.24) is 15.2 Å². The van der Waals surface area contributed by atoms with Gasteiger partial charge in [0.25, 0.3) is 5.56 Å². The number of ether oxygens (including phenoxy) is 1. The van der Waals surface area contributed by atoms with Crippen LogP contribution >= 0.6 is 23.2 Å². The van der Waals surface area contributed by atoms with Crippen LogP contribution in [0, 0.1) is 0 Å². The Morgan fingerprint density at radius 3 is 2.70 bits per heavy atom. The Labute approximate surface area is 123 Å². The summed E-state index contributed by atoms with van der Waals surface area (Å²) in [5, 5.41) is 11.7. The zero-order valence-corrected chi connectivity index (χ0v) is 11.7. The average Bonchev–Trinajstić information content (AvgIpc) is 2.38. The zero-order valence-electron chi connectivity index (χ0n) is 10.2. The maximum Gasteiger partial charge on any atom is 0.271 e. The quantitative estimate of drug-likeness (QED) is 0.664. The standard InChI is InChI=1S/C11H9Cl2N5O2/c1-20-10-7(12)2-6(3-8(10)13)4-14-17-11-16-9(19)5-15-18-11/h2-5H,1H3,(H2,16,17,18,19)/b14-4+. The molecule has 9 heteroatoms. The fourth-order valence-corrected chi connectivity index (χ4v) is 2.04. The molecule has 0 amide bonds. The molecule has 0 saturated carbocycles. The highest BCUT2D eigenvalue weighted by atomic mass is 35.5. The average molecular weight is 314 g/mol. The van der Waals surface area contributed by atoms with Gasteiger partial charge in [-0.1, -0.05) is 23.2 Å². The lowest BCUT2D eigenvalue weighted by Crippen LogP contribution is -2.10. The lowest BCUT2D eigenvalue weighted by molar-refractivity contribution is 0.415. The van der Waals surface area contributed by atoms with Gasteiger partial charge in [0.1, 0.15) is 6.20 Å². The number of rotatable bonds is 4. The van der Waals surface area contributed by atoms with Gasteiger partial charge in [-0.05, 0) is 17.7 Å². The molecule has 2 aromatic rings. The number of methoxy groups -OCH3 is 1. The van der Waals surface area contributed by atoms with Gasteiger partial charge in [-0.25, -0.2) is 5.43 Å². The van der Waals surface area contributed by atoms with Gasteiger partial charge in [0.15, 0.2) is 5.75 Å². The van der Waals surface area contributed by atoms with Crippen LogP contribution < -0.4 is 15.7 Å². The van der Waals surface area contributed by atoms with Crippen molar-refractivity contribution in [3.8, 4) is 5.75 Å². The van der Waals surface area contributed by atoms with Crippen LogP contribution in [0.5, 0.6) is 5.75 Å². The predicted molar refractivity (Wildman–Crippen MR) is 76.9 cm³/mol. The van der Waals surface area contributed by atoms with Gasteiger partial charge in [0.05, 0.1) is 23.4 Å². The SMILES string of the molecule is COc1c(Cl)cc(/C=N/Nc2nncc(=O)[nH]2)cc1Cl. The Bertz CT molecular complexity index is 678. The van der Waals surface area contributed by atoms with Crippen molar-refractivity contribution in [2.75, 3.05) is 12.5 Å². The molecule has 0 saturated heterocycles. The first-order chi connectivity index (χ1) is 9.60. The summed E-state index contributed by atoms with van der Waals surface area (Å²) in [5.41, 5.74) is 2.80. The molecule has 104 valence electrons. The van der Waals surface area contributed by atoms with Crippen LogP contribution in [0.25, 0.3) is 0 Å². The van der Waals surface area contributed by atoms with Crippen molar-refractivity contribution in [1.29, 1.82) is 0 Å². The van der Waals surface area contributed by atoms with E-state index in [4.69, 9.17) is 27.9 Å². The molecule has 0 unspecified atom stereocenters. The van der Waals surface area contributed by atoms with Gasteiger partial charge < -0.3 is 4.74 Å². The normalized spacial score (nSPS) is 10.8. The minimum absolute atomic E-state index is 0.124. The number of benzene rings is 1. The van der Waals surface area contributed by atoms with E-state index in [1.54, 1.807) is 12.1 Å². The van der Waals surface area contributed by atoms with Gasteiger partial charge in [-0.15, -0.1) is 10.2 Å². The van der Waals surface area contributed by atoms with E-state index < -0.39 is 0 Å². The second-order valence-corrected chi connectivity index (χ2v) is 4.38. The monoisotopic (exact) mass is 313 g/mol. The Hall–Kier alpha value is -2.12. The summed E-state index contributed by atoms with van der Waals surface area (Å²) in [5.74, 6) is 0.524. The lowest BCUT2D eigenvalue weighted by Gasteiger charge is -2.06. The summed E-state index contributed by atoms with van der Waals surface area (Å²) in [6.07, 6.45) is 2.52. The van der Waals surface area contributed by atoms with E-state index in [-0.39, 0.29) is 11.5 Å². The number of halogens is 2. The fourth-order valence-electron chi connectivity index (χ4n) is 1.38. The molecular formula is C11H9Cl2N5O2. The van der Waals surface area contributed by atoms with E-state index in [9.17, 15) is 4.79 Å². The molecule has 20 heavy (non-hydrogen) atoms. The first-order valence-electron chi connectivity index (χ1n) is 5.34. The van der Waals surface area contributed by atoms with Gasteiger partial charge in [0.2, 0.25) is 5.95 Å². The van der Waals surface area contributed by atoms with Crippen LogP contribution in [0.4, 0.5) is 5.95 Å². The van der Waals surface area contributed by atoms with E-state index in [2.05, 4.69) is 25.7 Å². The first-order valence-corrected chi connectivity index (χ1v) is 6.10. The van der Waals surface area contributed by atoms with Crippen LogP contribution in [0.1, 0.15) is 5.56 Å². The predicted octanol–water partition coefficient (Wildman–Crippen LogP) is 1.93. The summed E-state index contributed by atoms with van der Waals surface area (Å²) in [6.45, 7) is 0. The molecule has 2 rings (SSSR count). The third-order valence-corrected chi connectivity index (χ3v) is 2.74. The van der Waals surface area contributed by atoms with E-state index in [1.807, 2.05) is 0 Å². The molecule has 0 fully saturated rings. The number of H-pyrrole nitrogens is 1. The number of hydrazone groups is 1. The largest absolute Gasteiger partial charge is 0.494 e. The highest BCUT2D eigenvalue weighted by Crippen LogP contribution is 2.33. The van der Waals surface area contributed by atoms with E-state index >= 15 is 0 Å². The molecule has 0 spiro atoms. The molecule has 0 radical (unpaired) electrons. The van der Waals surface area contributed by atoms with E-state index in [1.165, 1.54) is 13.3 Å². The fraction of sp³-hybridized carbons (Fsp3) is 0.0909. The third kappa shape index (κ3) is 3.46. The lowest BCUT2D eigenvalue weighted by atomic mass is 10.2. The summed E-state index contributed by atoms with van der Waals surface area (Å²) >= 11 is 12.0. The van der Waals surface area contributed by atoms with Gasteiger partial charge in [-0.3, -0.25) is 9.78 Å². The highest BCUT2D eigenvalue weighted by Gasteiger charge is 2.07. The van der Waals surface area contributed by atoms with Crippen molar-refractivity contribution in [2.45, 2.75) is 0 Å². The number of aromatic nitrogens is 3. The first kappa shape index (κ1) is 14.3. The minimum Gasteiger partial charge on any atom is -0.494 e. The molecule has 7 nitrogen and oxygen atoms in total. The topological polar surface area (TPSA) is 92.3 Å².